The van der Waals surface area contributed by atoms with Crippen molar-refractivity contribution in [3.05, 3.63) is 106 Å². The molecule has 1 aliphatic rings. The fourth-order valence-corrected chi connectivity index (χ4v) is 5.49. The minimum atomic E-state index is -0.149. The molecular formula is C38H48N4O2. The molecule has 4 rings (SSSR count). The van der Waals surface area contributed by atoms with Crippen LogP contribution in [0, 0.1) is 6.92 Å². The molecule has 1 heterocycles. The first kappa shape index (κ1) is 32.9. The summed E-state index contributed by atoms with van der Waals surface area (Å²) in [5.41, 5.74) is 7.14. The largest absolute Gasteiger partial charge is 0.337 e. The molecule has 2 aromatic carbocycles. The molecule has 44 heavy (non-hydrogen) atoms. The van der Waals surface area contributed by atoms with Crippen LogP contribution in [0.25, 0.3) is 5.57 Å². The lowest BCUT2D eigenvalue weighted by Gasteiger charge is -2.25. The first-order chi connectivity index (χ1) is 21.0. The Balaban J connectivity index is 1.42. The second kappa shape index (κ2) is 14.6. The normalized spacial score (nSPS) is 13.6. The van der Waals surface area contributed by atoms with E-state index in [4.69, 9.17) is 0 Å². The molecule has 0 saturated carbocycles. The van der Waals surface area contributed by atoms with Crippen molar-refractivity contribution in [3.63, 3.8) is 0 Å². The quantitative estimate of drug-likeness (QED) is 0.221. The van der Waals surface area contributed by atoms with Crippen molar-refractivity contribution in [2.45, 2.75) is 85.6 Å². The van der Waals surface area contributed by atoms with Crippen LogP contribution in [0.15, 0.2) is 78.6 Å². The van der Waals surface area contributed by atoms with E-state index in [0.29, 0.717) is 29.5 Å². The molecule has 0 unspecified atom stereocenters. The molecule has 0 atom stereocenters. The second-order valence-electron chi connectivity index (χ2n) is 13.0. The summed E-state index contributed by atoms with van der Waals surface area (Å²) in [6.07, 6.45) is 9.26. The topological polar surface area (TPSA) is 74.3 Å². The van der Waals surface area contributed by atoms with Gasteiger partial charge in [-0.25, -0.2) is 4.98 Å². The molecule has 1 aromatic heterocycles. The van der Waals surface area contributed by atoms with E-state index in [1.165, 1.54) is 17.5 Å². The first-order valence-electron chi connectivity index (χ1n) is 15.9. The molecule has 0 spiro atoms. The van der Waals surface area contributed by atoms with Crippen LogP contribution in [0.4, 0.5) is 11.5 Å². The average molecular weight is 593 g/mol. The van der Waals surface area contributed by atoms with E-state index >= 15 is 0 Å². The second-order valence-corrected chi connectivity index (χ2v) is 13.0. The van der Waals surface area contributed by atoms with Gasteiger partial charge >= 0.3 is 0 Å². The Morgan fingerprint density at radius 2 is 1.77 bits per heavy atom. The highest BCUT2D eigenvalue weighted by Crippen LogP contribution is 2.31. The number of allylic oxidation sites excluding steroid dienone is 4. The highest BCUT2D eigenvalue weighted by atomic mass is 16.1. The van der Waals surface area contributed by atoms with Crippen molar-refractivity contribution in [2.75, 3.05) is 23.7 Å². The third-order valence-corrected chi connectivity index (χ3v) is 8.25. The summed E-state index contributed by atoms with van der Waals surface area (Å²) in [6, 6.07) is 18.2. The van der Waals surface area contributed by atoms with E-state index in [1.54, 1.807) is 0 Å². The SMILES string of the molecule is CCCN(CCCc1ccc(NC2=CC(c3cccc(NC(=O)c4ccc(C(C)(C)C)cc4)c3C)=CCC2=O)nc1)C(C)C. The lowest BCUT2D eigenvalue weighted by atomic mass is 9.86. The number of aryl methyl sites for hydroxylation is 1. The maximum Gasteiger partial charge on any atom is 0.255 e. The molecule has 0 aliphatic heterocycles. The number of hydrogen-bond acceptors (Lipinski definition) is 5. The zero-order valence-corrected chi connectivity index (χ0v) is 27.5. The Labute approximate surface area is 263 Å². The minimum absolute atomic E-state index is 0.0186. The van der Waals surface area contributed by atoms with E-state index in [-0.39, 0.29) is 17.1 Å². The van der Waals surface area contributed by atoms with Crippen molar-refractivity contribution in [1.29, 1.82) is 0 Å². The Kier molecular flexibility index (Phi) is 10.9. The molecule has 6 heteroatoms. The molecule has 3 aromatic rings. The summed E-state index contributed by atoms with van der Waals surface area (Å²) in [7, 11) is 0. The lowest BCUT2D eigenvalue weighted by Crippen LogP contribution is -2.32. The summed E-state index contributed by atoms with van der Waals surface area (Å²) in [5, 5.41) is 6.33. The summed E-state index contributed by atoms with van der Waals surface area (Å²) < 4.78 is 0. The Bertz CT molecular complexity index is 1510. The van der Waals surface area contributed by atoms with Crippen LogP contribution >= 0.6 is 0 Å². The number of hydrogen-bond donors (Lipinski definition) is 2. The third-order valence-electron chi connectivity index (χ3n) is 8.25. The number of pyridine rings is 1. The van der Waals surface area contributed by atoms with Crippen LogP contribution in [0.3, 0.4) is 0 Å². The summed E-state index contributed by atoms with van der Waals surface area (Å²) in [5.74, 6) is 0.522. The van der Waals surface area contributed by atoms with Crippen LogP contribution in [-0.2, 0) is 16.6 Å². The zero-order valence-electron chi connectivity index (χ0n) is 27.5. The van der Waals surface area contributed by atoms with Crippen LogP contribution < -0.4 is 10.6 Å². The number of nitrogens with one attached hydrogen (secondary N) is 2. The van der Waals surface area contributed by atoms with Gasteiger partial charge in [0.25, 0.3) is 5.91 Å². The zero-order chi connectivity index (χ0) is 31.9. The fourth-order valence-electron chi connectivity index (χ4n) is 5.49. The van der Waals surface area contributed by atoms with Gasteiger partial charge in [0.2, 0.25) is 0 Å². The van der Waals surface area contributed by atoms with Crippen LogP contribution in [-0.4, -0.2) is 40.7 Å². The van der Waals surface area contributed by atoms with Gasteiger partial charge < -0.3 is 15.5 Å². The van der Waals surface area contributed by atoms with Crippen molar-refractivity contribution >= 4 is 28.8 Å². The van der Waals surface area contributed by atoms with Gasteiger partial charge in [-0.2, -0.15) is 0 Å². The molecule has 0 saturated heterocycles. The predicted molar refractivity (Wildman–Crippen MR) is 183 cm³/mol. The number of amides is 1. The van der Waals surface area contributed by atoms with E-state index in [9.17, 15) is 9.59 Å². The predicted octanol–water partition coefficient (Wildman–Crippen LogP) is 8.35. The molecule has 0 fully saturated rings. The number of benzene rings is 2. The van der Waals surface area contributed by atoms with Crippen LogP contribution in [0.1, 0.15) is 93.4 Å². The highest BCUT2D eigenvalue weighted by molar-refractivity contribution is 6.06. The summed E-state index contributed by atoms with van der Waals surface area (Å²) >= 11 is 0. The van der Waals surface area contributed by atoms with Gasteiger partial charge in [0.05, 0.1) is 5.70 Å². The van der Waals surface area contributed by atoms with Crippen LogP contribution in [0.5, 0.6) is 0 Å². The molecular weight excluding hydrogens is 544 g/mol. The molecule has 6 nitrogen and oxygen atoms in total. The van der Waals surface area contributed by atoms with Gasteiger partial charge in [0.1, 0.15) is 5.82 Å². The number of aromatic nitrogens is 1. The maximum atomic E-state index is 13.1. The van der Waals surface area contributed by atoms with Crippen molar-refractivity contribution < 1.29 is 9.59 Å². The molecule has 0 bridgehead atoms. The number of Topliss-reactive ketones (excluding diaryl/α,β-unsaturated/α-hetero) is 1. The smallest absolute Gasteiger partial charge is 0.255 e. The van der Waals surface area contributed by atoms with Gasteiger partial charge in [-0.05, 0) is 117 Å². The fraction of sp³-hybridized carbons (Fsp3) is 0.395. The van der Waals surface area contributed by atoms with E-state index < -0.39 is 0 Å². The molecule has 1 amide bonds. The van der Waals surface area contributed by atoms with E-state index in [2.05, 4.69) is 68.1 Å². The summed E-state index contributed by atoms with van der Waals surface area (Å²) in [6.45, 7) is 17.4. The third kappa shape index (κ3) is 8.54. The molecule has 232 valence electrons. The van der Waals surface area contributed by atoms with Crippen molar-refractivity contribution in [3.8, 4) is 0 Å². The molecule has 0 radical (unpaired) electrons. The molecule has 1 aliphatic carbocycles. The van der Waals surface area contributed by atoms with E-state index in [0.717, 1.165) is 48.3 Å². The monoisotopic (exact) mass is 592 g/mol. The van der Waals surface area contributed by atoms with Crippen molar-refractivity contribution in [2.24, 2.45) is 0 Å². The van der Waals surface area contributed by atoms with Gasteiger partial charge in [-0.1, -0.05) is 64.1 Å². The Morgan fingerprint density at radius 1 is 1.02 bits per heavy atom. The molecule has 2 N–H and O–H groups in total. The number of carbonyl (C=O) groups is 2. The van der Waals surface area contributed by atoms with Crippen LogP contribution in [0.2, 0.25) is 0 Å². The van der Waals surface area contributed by atoms with Gasteiger partial charge in [0, 0.05) is 29.9 Å². The average Bonchev–Trinajstić information content (AvgIpc) is 2.99. The van der Waals surface area contributed by atoms with Gasteiger partial charge in [0.15, 0.2) is 5.78 Å². The van der Waals surface area contributed by atoms with Gasteiger partial charge in [-0.3, -0.25) is 9.59 Å². The Morgan fingerprint density at radius 3 is 2.41 bits per heavy atom. The number of carbonyl (C=O) groups excluding carboxylic acids is 2. The first-order valence-corrected chi connectivity index (χ1v) is 15.9. The minimum Gasteiger partial charge on any atom is -0.337 e. The number of anilines is 2. The Hall–Kier alpha value is -4.03. The standard InChI is InChI=1S/C38H48N4O2/c1-8-22-42(26(2)3)23-10-11-28-14-21-36(39-25-28)40-34-24-30(17-20-35(34)43)32-12-9-13-33(27(32)4)41-37(44)29-15-18-31(19-16-29)38(5,6)7/h9,12-19,21,24-26H,8,10-11,20,22-23H2,1-7H3,(H,39,40)(H,41,44). The summed E-state index contributed by atoms with van der Waals surface area (Å²) in [4.78, 5) is 33.0. The van der Waals surface area contributed by atoms with Crippen molar-refractivity contribution in [1.82, 2.24) is 9.88 Å². The number of rotatable bonds is 12. The van der Waals surface area contributed by atoms with E-state index in [1.807, 2.05) is 73.8 Å². The number of nitrogens with zero attached hydrogens (tertiary/aromatic N) is 2. The maximum absolute atomic E-state index is 13.1. The van der Waals surface area contributed by atoms with Gasteiger partial charge in [-0.15, -0.1) is 0 Å². The number of ketones is 1. The lowest BCUT2D eigenvalue weighted by molar-refractivity contribution is -0.114. The highest BCUT2D eigenvalue weighted by Gasteiger charge is 2.19.